The van der Waals surface area contributed by atoms with E-state index in [-0.39, 0.29) is 0 Å². The van der Waals surface area contributed by atoms with Crippen molar-refractivity contribution in [3.05, 3.63) is 12.2 Å². The topological polar surface area (TPSA) is 9.23 Å². The first kappa shape index (κ1) is 7.05. The molecule has 1 spiro atoms. The fourth-order valence-electron chi connectivity index (χ4n) is 5.99. The van der Waals surface area contributed by atoms with Gasteiger partial charge in [0.2, 0.25) is 0 Å². The molecule has 1 aliphatic heterocycles. The lowest BCUT2D eigenvalue weighted by Crippen LogP contribution is -2.20. The second-order valence-corrected chi connectivity index (χ2v) is 6.22. The second-order valence-electron chi connectivity index (χ2n) is 6.22. The van der Waals surface area contributed by atoms with Gasteiger partial charge in [-0.1, -0.05) is 12.2 Å². The average molecular weight is 188 g/mol. The number of rotatable bonds is 0. The minimum atomic E-state index is 0.793. The molecular formula is C13H16O. The zero-order chi connectivity index (χ0) is 9.08. The van der Waals surface area contributed by atoms with Crippen LogP contribution in [0.1, 0.15) is 12.8 Å². The molecule has 1 heterocycles. The molecule has 0 N–H and O–H groups in total. The van der Waals surface area contributed by atoms with Gasteiger partial charge in [-0.25, -0.2) is 0 Å². The Morgan fingerprint density at radius 2 is 2.29 bits per heavy atom. The summed E-state index contributed by atoms with van der Waals surface area (Å²) in [5.41, 5.74) is 2.42. The molecule has 6 unspecified atom stereocenters. The van der Waals surface area contributed by atoms with Gasteiger partial charge in [-0.05, 0) is 53.8 Å². The molecule has 2 bridgehead atoms. The molecule has 5 fully saturated rings. The summed E-state index contributed by atoms with van der Waals surface area (Å²) in [5.74, 6) is 5.96. The van der Waals surface area contributed by atoms with Gasteiger partial charge >= 0.3 is 0 Å². The molecule has 1 heteroatoms. The first-order chi connectivity index (χ1) is 6.86. The highest BCUT2D eigenvalue weighted by atomic mass is 16.5. The molecule has 0 amide bonds. The Morgan fingerprint density at radius 3 is 3.21 bits per heavy atom. The molecule has 5 aliphatic rings. The fraction of sp³-hybridized carbons (Fsp3) is 0.846. The smallest absolute Gasteiger partial charge is 0.0500 e. The van der Waals surface area contributed by atoms with Crippen molar-refractivity contribution in [2.75, 3.05) is 13.2 Å². The third-order valence-corrected chi connectivity index (χ3v) is 6.24. The van der Waals surface area contributed by atoms with Gasteiger partial charge in [0.05, 0.1) is 0 Å². The molecule has 0 aromatic rings. The normalized spacial score (nSPS) is 71.3. The minimum Gasteiger partial charge on any atom is -0.381 e. The SMILES string of the molecule is C=C1C2C3CC4(C5CCOCC3C54)[C@@H]12. The van der Waals surface area contributed by atoms with Crippen LogP contribution in [-0.4, -0.2) is 13.2 Å². The number of allylic oxidation sites excluding steroid dienone is 1. The summed E-state index contributed by atoms with van der Waals surface area (Å²) in [6, 6.07) is 0. The molecule has 4 aliphatic carbocycles. The van der Waals surface area contributed by atoms with E-state index in [0.29, 0.717) is 0 Å². The van der Waals surface area contributed by atoms with E-state index >= 15 is 0 Å². The quantitative estimate of drug-likeness (QED) is 0.529. The highest BCUT2D eigenvalue weighted by molar-refractivity contribution is 5.46. The van der Waals surface area contributed by atoms with Crippen LogP contribution < -0.4 is 0 Å². The molecule has 74 valence electrons. The van der Waals surface area contributed by atoms with E-state index in [1.54, 1.807) is 12.0 Å². The zero-order valence-corrected chi connectivity index (χ0v) is 8.41. The molecule has 0 radical (unpaired) electrons. The molecule has 14 heavy (non-hydrogen) atoms. The Bertz CT molecular complexity index is 360. The number of fused-ring (bicyclic) bond motifs is 4. The van der Waals surface area contributed by atoms with E-state index in [1.165, 1.54) is 6.42 Å². The lowest BCUT2D eigenvalue weighted by Gasteiger charge is -2.20. The van der Waals surface area contributed by atoms with E-state index in [4.69, 9.17) is 4.74 Å². The Kier molecular flexibility index (Phi) is 0.872. The van der Waals surface area contributed by atoms with Crippen LogP contribution >= 0.6 is 0 Å². The summed E-state index contributed by atoms with van der Waals surface area (Å²) in [6.45, 7) is 6.39. The van der Waals surface area contributed by atoms with Crippen LogP contribution in [0.5, 0.6) is 0 Å². The largest absolute Gasteiger partial charge is 0.381 e. The van der Waals surface area contributed by atoms with Crippen LogP contribution in [0.25, 0.3) is 0 Å². The Hall–Kier alpha value is -0.300. The van der Waals surface area contributed by atoms with Crippen LogP contribution in [0.15, 0.2) is 12.2 Å². The lowest BCUT2D eigenvalue weighted by molar-refractivity contribution is 0.0814. The van der Waals surface area contributed by atoms with Crippen molar-refractivity contribution >= 4 is 0 Å². The third kappa shape index (κ3) is 0.465. The van der Waals surface area contributed by atoms with Crippen molar-refractivity contribution in [2.45, 2.75) is 12.8 Å². The van der Waals surface area contributed by atoms with Crippen molar-refractivity contribution in [2.24, 2.45) is 40.9 Å². The molecule has 5 rings (SSSR count). The second kappa shape index (κ2) is 1.73. The Morgan fingerprint density at radius 1 is 1.36 bits per heavy atom. The van der Waals surface area contributed by atoms with E-state index in [9.17, 15) is 0 Å². The van der Waals surface area contributed by atoms with Gasteiger partial charge in [-0.2, -0.15) is 0 Å². The summed E-state index contributed by atoms with van der Waals surface area (Å²) < 4.78 is 5.75. The maximum Gasteiger partial charge on any atom is 0.0500 e. The van der Waals surface area contributed by atoms with Crippen molar-refractivity contribution in [1.82, 2.24) is 0 Å². The van der Waals surface area contributed by atoms with Crippen LogP contribution in [0, 0.1) is 40.9 Å². The standard InChI is InChI=1S/C13H16O/c1-6-10-7-4-13(11(6)10)9-2-3-14-5-8(7)12(9)13/h7-12H,1-5H2/t7?,8?,9?,10?,11-,12?,13?/m0/s1. The zero-order valence-electron chi connectivity index (χ0n) is 8.41. The third-order valence-electron chi connectivity index (χ3n) is 6.24. The highest BCUT2D eigenvalue weighted by Gasteiger charge is 2.86. The van der Waals surface area contributed by atoms with Gasteiger partial charge in [0, 0.05) is 13.2 Å². The summed E-state index contributed by atoms with van der Waals surface area (Å²) in [7, 11) is 0. The Balaban J connectivity index is 1.68. The number of hydrogen-bond donors (Lipinski definition) is 0. The highest BCUT2D eigenvalue weighted by Crippen LogP contribution is 2.91. The van der Waals surface area contributed by atoms with Gasteiger partial charge in [0.1, 0.15) is 0 Å². The summed E-state index contributed by atoms with van der Waals surface area (Å²) in [6.07, 6.45) is 2.90. The molecule has 4 saturated carbocycles. The molecule has 1 saturated heterocycles. The van der Waals surface area contributed by atoms with E-state index in [0.717, 1.165) is 54.1 Å². The number of hydrogen-bond acceptors (Lipinski definition) is 1. The summed E-state index contributed by atoms with van der Waals surface area (Å²) in [4.78, 5) is 0. The van der Waals surface area contributed by atoms with Gasteiger partial charge in [-0.15, -0.1) is 0 Å². The van der Waals surface area contributed by atoms with Crippen LogP contribution in [0.2, 0.25) is 0 Å². The summed E-state index contributed by atoms with van der Waals surface area (Å²) in [5, 5.41) is 0. The molecule has 1 nitrogen and oxygen atoms in total. The predicted molar refractivity (Wildman–Crippen MR) is 52.6 cm³/mol. The van der Waals surface area contributed by atoms with Gasteiger partial charge in [0.25, 0.3) is 0 Å². The predicted octanol–water partition coefficient (Wildman–Crippen LogP) is 2.09. The average Bonchev–Trinajstić information content (AvgIpc) is 2.95. The first-order valence-electron chi connectivity index (χ1n) is 6.12. The van der Waals surface area contributed by atoms with Gasteiger partial charge in [0.15, 0.2) is 0 Å². The van der Waals surface area contributed by atoms with Crippen molar-refractivity contribution in [1.29, 1.82) is 0 Å². The van der Waals surface area contributed by atoms with Crippen molar-refractivity contribution < 1.29 is 4.74 Å². The maximum absolute atomic E-state index is 5.75. The lowest BCUT2D eigenvalue weighted by atomic mass is 9.86. The minimum absolute atomic E-state index is 0.793. The number of ether oxygens (including phenoxy) is 1. The van der Waals surface area contributed by atoms with Crippen LogP contribution in [0.4, 0.5) is 0 Å². The van der Waals surface area contributed by atoms with Crippen molar-refractivity contribution in [3.63, 3.8) is 0 Å². The van der Waals surface area contributed by atoms with Crippen molar-refractivity contribution in [3.8, 4) is 0 Å². The summed E-state index contributed by atoms with van der Waals surface area (Å²) >= 11 is 0. The Labute approximate surface area is 84.5 Å². The van der Waals surface area contributed by atoms with Gasteiger partial charge < -0.3 is 4.74 Å². The molecule has 0 aromatic carbocycles. The monoisotopic (exact) mass is 188 g/mol. The molecule has 0 aromatic heterocycles. The van der Waals surface area contributed by atoms with E-state index < -0.39 is 0 Å². The van der Waals surface area contributed by atoms with E-state index in [1.807, 2.05) is 0 Å². The molecule has 7 atom stereocenters. The van der Waals surface area contributed by atoms with Crippen LogP contribution in [0.3, 0.4) is 0 Å². The van der Waals surface area contributed by atoms with E-state index in [2.05, 4.69) is 6.58 Å². The fourth-order valence-corrected chi connectivity index (χ4v) is 5.99. The molecular weight excluding hydrogens is 172 g/mol. The van der Waals surface area contributed by atoms with Crippen LogP contribution in [-0.2, 0) is 4.74 Å². The van der Waals surface area contributed by atoms with Gasteiger partial charge in [-0.3, -0.25) is 0 Å². The first-order valence-corrected chi connectivity index (χ1v) is 6.12. The maximum atomic E-state index is 5.75.